The molecule has 1 aromatic heterocycles. The Bertz CT molecular complexity index is 742. The molecule has 1 aromatic carbocycles. The average Bonchev–Trinajstić information content (AvgIpc) is 3.19. The van der Waals surface area contributed by atoms with E-state index in [1.807, 2.05) is 16.3 Å². The second kappa shape index (κ2) is 6.65. The Kier molecular flexibility index (Phi) is 4.37. The molecule has 0 saturated carbocycles. The fourth-order valence-electron chi connectivity index (χ4n) is 3.82. The van der Waals surface area contributed by atoms with Crippen molar-refractivity contribution in [2.75, 3.05) is 18.0 Å². The quantitative estimate of drug-likeness (QED) is 0.860. The summed E-state index contributed by atoms with van der Waals surface area (Å²) in [5.41, 5.74) is 3.26. The van der Waals surface area contributed by atoms with Crippen LogP contribution in [0.2, 0.25) is 0 Å². The van der Waals surface area contributed by atoms with Gasteiger partial charge in [0.1, 0.15) is 0 Å². The lowest BCUT2D eigenvalue weighted by molar-refractivity contribution is -0.118. The number of benzene rings is 1. The van der Waals surface area contributed by atoms with Gasteiger partial charge in [0, 0.05) is 30.2 Å². The minimum Gasteiger partial charge on any atom is -0.310 e. The molecule has 2 aromatic rings. The molecular formula is C19H23N3OS. The van der Waals surface area contributed by atoms with E-state index in [1.165, 1.54) is 18.4 Å². The highest BCUT2D eigenvalue weighted by Crippen LogP contribution is 2.31. The van der Waals surface area contributed by atoms with Crippen LogP contribution in [0.15, 0.2) is 29.6 Å². The number of carbonyl (C=O) groups excluding carboxylic acids is 1. The molecule has 2 aliphatic heterocycles. The monoisotopic (exact) mass is 341 g/mol. The second-order valence-corrected chi connectivity index (χ2v) is 7.61. The zero-order valence-electron chi connectivity index (χ0n) is 14.1. The molecule has 0 aliphatic carbocycles. The molecule has 1 amide bonds. The number of fused-ring (bicyclic) bond motifs is 2. The van der Waals surface area contributed by atoms with E-state index in [1.54, 1.807) is 11.3 Å². The molecule has 3 heterocycles. The summed E-state index contributed by atoms with van der Waals surface area (Å²) >= 11 is 1.65. The molecule has 0 N–H and O–H groups in total. The van der Waals surface area contributed by atoms with E-state index in [4.69, 9.17) is 0 Å². The van der Waals surface area contributed by atoms with Crippen LogP contribution in [0.4, 0.5) is 5.69 Å². The Morgan fingerprint density at radius 1 is 1.38 bits per heavy atom. The van der Waals surface area contributed by atoms with E-state index in [0.717, 1.165) is 42.4 Å². The minimum atomic E-state index is 0.171. The molecule has 0 spiro atoms. The van der Waals surface area contributed by atoms with Gasteiger partial charge in [-0.3, -0.25) is 9.69 Å². The first-order valence-electron chi connectivity index (χ1n) is 8.80. The molecule has 1 saturated heterocycles. The largest absolute Gasteiger partial charge is 0.310 e. The van der Waals surface area contributed by atoms with Gasteiger partial charge in [-0.25, -0.2) is 4.98 Å². The van der Waals surface area contributed by atoms with Crippen LogP contribution in [0.25, 0.3) is 0 Å². The van der Waals surface area contributed by atoms with Crippen molar-refractivity contribution in [3.63, 3.8) is 0 Å². The van der Waals surface area contributed by atoms with Crippen molar-refractivity contribution < 1.29 is 4.79 Å². The van der Waals surface area contributed by atoms with E-state index >= 15 is 0 Å². The fraction of sp³-hybridized carbons (Fsp3) is 0.474. The third kappa shape index (κ3) is 2.98. The summed E-state index contributed by atoms with van der Waals surface area (Å²) < 4.78 is 0. The molecule has 5 heteroatoms. The predicted octanol–water partition coefficient (Wildman–Crippen LogP) is 3.26. The van der Waals surface area contributed by atoms with Crippen molar-refractivity contribution in [2.24, 2.45) is 0 Å². The van der Waals surface area contributed by atoms with Gasteiger partial charge in [-0.1, -0.05) is 25.1 Å². The Hall–Kier alpha value is -1.72. The van der Waals surface area contributed by atoms with Crippen molar-refractivity contribution in [3.05, 3.63) is 45.9 Å². The minimum absolute atomic E-state index is 0.171. The number of aryl methyl sites for hydroxylation is 1. The molecule has 1 atom stereocenters. The lowest BCUT2D eigenvalue weighted by Crippen LogP contribution is -2.41. The first kappa shape index (κ1) is 15.8. The first-order valence-corrected chi connectivity index (χ1v) is 9.68. The van der Waals surface area contributed by atoms with Crippen molar-refractivity contribution in [1.29, 1.82) is 0 Å². The summed E-state index contributed by atoms with van der Waals surface area (Å²) in [6.45, 7) is 5.01. The van der Waals surface area contributed by atoms with Gasteiger partial charge >= 0.3 is 0 Å². The van der Waals surface area contributed by atoms with Crippen LogP contribution in [0.3, 0.4) is 0 Å². The van der Waals surface area contributed by atoms with E-state index in [-0.39, 0.29) is 5.91 Å². The summed E-state index contributed by atoms with van der Waals surface area (Å²) in [4.78, 5) is 22.2. The van der Waals surface area contributed by atoms with Crippen LogP contribution in [0.5, 0.6) is 0 Å². The molecule has 1 fully saturated rings. The van der Waals surface area contributed by atoms with Gasteiger partial charge in [-0.15, -0.1) is 11.3 Å². The molecule has 2 aliphatic rings. The maximum Gasteiger partial charge on any atom is 0.233 e. The van der Waals surface area contributed by atoms with Gasteiger partial charge in [0.05, 0.1) is 17.1 Å². The molecule has 0 bridgehead atoms. The highest BCUT2D eigenvalue weighted by molar-refractivity contribution is 7.09. The molecule has 4 nitrogen and oxygen atoms in total. The number of nitrogens with zero attached hydrogens (tertiary/aromatic N) is 3. The van der Waals surface area contributed by atoms with Gasteiger partial charge in [0.25, 0.3) is 0 Å². The fourth-order valence-corrected chi connectivity index (χ4v) is 4.57. The highest BCUT2D eigenvalue weighted by Gasteiger charge is 2.33. The van der Waals surface area contributed by atoms with Crippen LogP contribution in [-0.4, -0.2) is 34.9 Å². The zero-order valence-corrected chi connectivity index (χ0v) is 14.9. The van der Waals surface area contributed by atoms with Crippen LogP contribution >= 0.6 is 11.3 Å². The van der Waals surface area contributed by atoms with E-state index < -0.39 is 0 Å². The Balaban J connectivity index is 1.61. The normalized spacial score (nSPS) is 20.5. The van der Waals surface area contributed by atoms with Crippen molar-refractivity contribution in [1.82, 2.24) is 9.88 Å². The SMILES string of the molecule is CCc1nc(CC(=O)N2C[C@H]3CCCN3Cc3ccccc32)cs1. The van der Waals surface area contributed by atoms with E-state index in [0.29, 0.717) is 12.5 Å². The molecule has 24 heavy (non-hydrogen) atoms. The summed E-state index contributed by atoms with van der Waals surface area (Å²) in [6, 6.07) is 8.85. The third-order valence-corrected chi connectivity index (χ3v) is 6.13. The summed E-state index contributed by atoms with van der Waals surface area (Å²) in [6.07, 6.45) is 3.76. The number of amides is 1. The zero-order chi connectivity index (χ0) is 16.5. The second-order valence-electron chi connectivity index (χ2n) is 6.66. The van der Waals surface area contributed by atoms with Crippen molar-refractivity contribution in [2.45, 2.75) is 45.2 Å². The number of para-hydroxylation sites is 1. The summed E-state index contributed by atoms with van der Waals surface area (Å²) in [7, 11) is 0. The van der Waals surface area contributed by atoms with Crippen LogP contribution in [0, 0.1) is 0 Å². The topological polar surface area (TPSA) is 36.4 Å². The van der Waals surface area contributed by atoms with E-state index in [2.05, 4.69) is 35.0 Å². The van der Waals surface area contributed by atoms with Crippen LogP contribution in [0.1, 0.15) is 36.0 Å². The van der Waals surface area contributed by atoms with Gasteiger partial charge in [0.15, 0.2) is 0 Å². The number of thiazole rings is 1. The van der Waals surface area contributed by atoms with E-state index in [9.17, 15) is 4.79 Å². The predicted molar refractivity (Wildman–Crippen MR) is 97.4 cm³/mol. The lowest BCUT2D eigenvalue weighted by atomic mass is 10.1. The number of carbonyl (C=O) groups is 1. The highest BCUT2D eigenvalue weighted by atomic mass is 32.1. The Morgan fingerprint density at radius 2 is 2.25 bits per heavy atom. The maximum atomic E-state index is 13.0. The van der Waals surface area contributed by atoms with Gasteiger partial charge < -0.3 is 4.90 Å². The number of hydrogen-bond acceptors (Lipinski definition) is 4. The Labute approximate surface area is 147 Å². The molecule has 0 unspecified atom stereocenters. The number of hydrogen-bond donors (Lipinski definition) is 0. The lowest BCUT2D eigenvalue weighted by Gasteiger charge is -2.26. The van der Waals surface area contributed by atoms with Crippen molar-refractivity contribution in [3.8, 4) is 0 Å². The average molecular weight is 341 g/mol. The maximum absolute atomic E-state index is 13.0. The van der Waals surface area contributed by atoms with Gasteiger partial charge in [-0.05, 0) is 37.4 Å². The Morgan fingerprint density at radius 3 is 3.08 bits per heavy atom. The number of rotatable bonds is 3. The van der Waals surface area contributed by atoms with Gasteiger partial charge in [0.2, 0.25) is 5.91 Å². The summed E-state index contributed by atoms with van der Waals surface area (Å²) in [5.74, 6) is 0.171. The standard InChI is InChI=1S/C19H23N3OS/c1-2-18-20-15(13-24-18)10-19(23)22-12-16-7-5-9-21(16)11-14-6-3-4-8-17(14)22/h3-4,6,8,13,16H,2,5,7,9-12H2,1H3/t16-/m1/s1. The summed E-state index contributed by atoms with van der Waals surface area (Å²) in [5, 5.41) is 3.14. The van der Waals surface area contributed by atoms with Crippen LogP contribution < -0.4 is 4.90 Å². The number of anilines is 1. The number of aromatic nitrogens is 1. The van der Waals surface area contributed by atoms with Crippen molar-refractivity contribution >= 4 is 22.9 Å². The van der Waals surface area contributed by atoms with Gasteiger partial charge in [-0.2, -0.15) is 0 Å². The molecule has 0 radical (unpaired) electrons. The smallest absolute Gasteiger partial charge is 0.233 e. The third-order valence-electron chi connectivity index (χ3n) is 5.08. The first-order chi connectivity index (χ1) is 11.7. The van der Waals surface area contributed by atoms with Crippen LogP contribution in [-0.2, 0) is 24.2 Å². The molecule has 4 rings (SSSR count). The molecule has 126 valence electrons. The molecular weight excluding hydrogens is 318 g/mol.